The molecular weight excluding hydrogens is 600 g/mol. The van der Waals surface area contributed by atoms with Crippen molar-refractivity contribution in [3.05, 3.63) is 125 Å². The summed E-state index contributed by atoms with van der Waals surface area (Å²) in [6.07, 6.45) is 3.22. The van der Waals surface area contributed by atoms with Crippen molar-refractivity contribution in [1.82, 2.24) is 30.0 Å². The lowest BCUT2D eigenvalue weighted by molar-refractivity contribution is -0.189. The number of nitrogens with one attached hydrogen (secondary N) is 1. The summed E-state index contributed by atoms with van der Waals surface area (Å²) in [6.45, 7) is 4.86. The number of phenolic OH excluding ortho intramolecular Hbond substituents is 1. The normalized spacial score (nSPS) is 21.5. The van der Waals surface area contributed by atoms with E-state index >= 15 is 0 Å². The van der Waals surface area contributed by atoms with Crippen LogP contribution in [0.1, 0.15) is 27.6 Å². The summed E-state index contributed by atoms with van der Waals surface area (Å²) in [4.78, 5) is 47.6. The summed E-state index contributed by atoms with van der Waals surface area (Å²) >= 11 is 1.73. The second kappa shape index (κ2) is 13.7. The minimum absolute atomic E-state index is 0.0662. The monoisotopic (exact) mass is 638 g/mol. The Morgan fingerprint density at radius 1 is 1.02 bits per heavy atom. The summed E-state index contributed by atoms with van der Waals surface area (Å²) in [5.41, 5.74) is 3.85. The number of carbonyl (C=O) groups is 3. The number of piperazine rings is 1. The number of nitrogens with zero attached hydrogens (tertiary/aromatic N) is 5. The topological polar surface area (TPSA) is 99.7 Å². The second-order valence-electron chi connectivity index (χ2n) is 11.7. The molecule has 2 fully saturated rings. The van der Waals surface area contributed by atoms with E-state index < -0.39 is 12.2 Å². The van der Waals surface area contributed by atoms with Crippen LogP contribution in [0.2, 0.25) is 0 Å². The molecule has 0 spiro atoms. The first-order chi connectivity index (χ1) is 22.3. The highest BCUT2D eigenvalue weighted by Gasteiger charge is 2.51. The van der Waals surface area contributed by atoms with Crippen molar-refractivity contribution >= 4 is 29.6 Å². The van der Waals surface area contributed by atoms with E-state index in [1.807, 2.05) is 55.7 Å². The van der Waals surface area contributed by atoms with Gasteiger partial charge in [0.05, 0.1) is 13.1 Å². The molecule has 2 saturated heterocycles. The Morgan fingerprint density at radius 3 is 2.50 bits per heavy atom. The average Bonchev–Trinajstić information content (AvgIpc) is 3.49. The number of thioether (sulfide) groups is 1. The zero-order valence-electron chi connectivity index (χ0n) is 25.7. The van der Waals surface area contributed by atoms with Gasteiger partial charge in [0.1, 0.15) is 23.3 Å². The largest absolute Gasteiger partial charge is 0.508 e. The van der Waals surface area contributed by atoms with Gasteiger partial charge < -0.3 is 25.1 Å². The highest BCUT2D eigenvalue weighted by atomic mass is 32.2. The summed E-state index contributed by atoms with van der Waals surface area (Å²) in [7, 11) is 2.04. The van der Waals surface area contributed by atoms with Crippen LogP contribution in [0.4, 0.5) is 4.79 Å². The van der Waals surface area contributed by atoms with Gasteiger partial charge in [0.2, 0.25) is 11.8 Å². The van der Waals surface area contributed by atoms with E-state index in [0.717, 1.165) is 22.3 Å². The minimum atomic E-state index is -0.838. The van der Waals surface area contributed by atoms with E-state index in [4.69, 9.17) is 0 Å². The lowest BCUT2D eigenvalue weighted by Gasteiger charge is -2.55. The average molecular weight is 639 g/mol. The third-order valence-electron chi connectivity index (χ3n) is 8.51. The van der Waals surface area contributed by atoms with Crippen molar-refractivity contribution in [2.75, 3.05) is 26.7 Å². The smallest absolute Gasteiger partial charge is 0.334 e. The molecule has 1 unspecified atom stereocenters. The maximum Gasteiger partial charge on any atom is 0.334 e. The standard InChI is InChI=1S/C35H38N6O4S/c1-3-16-39-24-32(43)40-30(20-25-12-14-29(42)15-13-25)33(44)38(22-27-10-7-11-28(19-27)34-37(2)17-18-46-34)23-31(40)41(39)35(45)36-21-26-8-5-4-6-9-26/h3-15,17-19,30-31,34,42H,1,16,20-24H2,2H3,(H,36,45)/t30-,31-,34?/m0/s1. The molecule has 0 bridgehead atoms. The van der Waals surface area contributed by atoms with Gasteiger partial charge in [0.25, 0.3) is 0 Å². The number of urea groups is 1. The zero-order chi connectivity index (χ0) is 32.2. The lowest BCUT2D eigenvalue weighted by Crippen LogP contribution is -2.76. The zero-order valence-corrected chi connectivity index (χ0v) is 26.6. The maximum atomic E-state index is 14.3. The number of phenols is 1. The number of hydrazine groups is 1. The fourth-order valence-electron chi connectivity index (χ4n) is 6.31. The molecule has 0 aliphatic carbocycles. The fraction of sp³-hybridized carbons (Fsp3) is 0.286. The molecule has 0 saturated carbocycles. The molecule has 2 N–H and O–H groups in total. The van der Waals surface area contributed by atoms with Gasteiger partial charge in [-0.25, -0.2) is 14.8 Å². The first kappa shape index (κ1) is 31.3. The number of fused-ring (bicyclic) bond motifs is 1. The molecule has 3 aromatic carbocycles. The SMILES string of the molecule is C=CCN1CC(=O)N2[C@@H](Cc3ccc(O)cc3)C(=O)N(Cc3cccc(C4SC=CN4C)c3)C[C@@H]2N1C(=O)NCc1ccccc1. The Morgan fingerprint density at radius 2 is 1.78 bits per heavy atom. The first-order valence-corrected chi connectivity index (χ1v) is 16.2. The van der Waals surface area contributed by atoms with Crippen LogP contribution in [0.3, 0.4) is 0 Å². The molecule has 3 heterocycles. The van der Waals surface area contributed by atoms with E-state index in [-0.39, 0.29) is 55.0 Å². The number of aromatic hydroxyl groups is 1. The van der Waals surface area contributed by atoms with E-state index in [0.29, 0.717) is 13.1 Å². The number of hydrogen-bond donors (Lipinski definition) is 2. The van der Waals surface area contributed by atoms with Gasteiger partial charge in [-0.1, -0.05) is 72.8 Å². The van der Waals surface area contributed by atoms with Gasteiger partial charge in [-0.15, -0.1) is 18.3 Å². The van der Waals surface area contributed by atoms with Crippen LogP contribution in [-0.4, -0.2) is 86.6 Å². The molecule has 3 atom stereocenters. The van der Waals surface area contributed by atoms with E-state index in [9.17, 15) is 19.5 Å². The Hall–Kier alpha value is -4.74. The van der Waals surface area contributed by atoms with Crippen LogP contribution in [0.25, 0.3) is 0 Å². The third-order valence-corrected chi connectivity index (χ3v) is 9.65. The van der Waals surface area contributed by atoms with Crippen LogP contribution < -0.4 is 5.32 Å². The van der Waals surface area contributed by atoms with Crippen molar-refractivity contribution < 1.29 is 19.5 Å². The van der Waals surface area contributed by atoms with Gasteiger partial charge in [-0.05, 0) is 39.8 Å². The van der Waals surface area contributed by atoms with E-state index in [2.05, 4.69) is 34.3 Å². The molecule has 3 aliphatic heterocycles. The molecule has 0 radical (unpaired) electrons. The molecule has 3 aliphatic rings. The number of carbonyl (C=O) groups excluding carboxylic acids is 3. The molecule has 11 heteroatoms. The van der Waals surface area contributed by atoms with Gasteiger partial charge in [-0.2, -0.15) is 0 Å². The van der Waals surface area contributed by atoms with Gasteiger partial charge >= 0.3 is 6.03 Å². The van der Waals surface area contributed by atoms with Gasteiger partial charge in [-0.3, -0.25) is 9.59 Å². The fourth-order valence-corrected chi connectivity index (χ4v) is 7.29. The third kappa shape index (κ3) is 6.61. The molecule has 238 valence electrons. The molecule has 46 heavy (non-hydrogen) atoms. The number of amides is 4. The van der Waals surface area contributed by atoms with Crippen molar-refractivity contribution in [2.45, 2.75) is 37.1 Å². The highest BCUT2D eigenvalue weighted by Crippen LogP contribution is 2.38. The minimum Gasteiger partial charge on any atom is -0.508 e. The maximum absolute atomic E-state index is 14.3. The van der Waals surface area contributed by atoms with Crippen LogP contribution in [0, 0.1) is 0 Å². The van der Waals surface area contributed by atoms with Crippen LogP contribution >= 0.6 is 11.8 Å². The van der Waals surface area contributed by atoms with Crippen LogP contribution in [0.5, 0.6) is 5.75 Å². The van der Waals surface area contributed by atoms with Gasteiger partial charge in [0.15, 0.2) is 0 Å². The van der Waals surface area contributed by atoms with Crippen molar-refractivity contribution in [2.24, 2.45) is 0 Å². The molecular formula is C35H38N6O4S. The highest BCUT2D eigenvalue weighted by molar-refractivity contribution is 8.02. The van der Waals surface area contributed by atoms with E-state index in [1.165, 1.54) is 0 Å². The quantitative estimate of drug-likeness (QED) is 0.338. The number of hydrogen-bond acceptors (Lipinski definition) is 7. The molecule has 6 rings (SSSR count). The van der Waals surface area contributed by atoms with E-state index in [1.54, 1.807) is 61.9 Å². The molecule has 3 aromatic rings. The van der Waals surface area contributed by atoms with Crippen LogP contribution in [-0.2, 0) is 29.1 Å². The molecule has 0 aromatic heterocycles. The lowest BCUT2D eigenvalue weighted by atomic mass is 9.98. The Labute approximate surface area is 273 Å². The summed E-state index contributed by atoms with van der Waals surface area (Å²) < 4.78 is 0. The number of rotatable bonds is 9. The van der Waals surface area contributed by atoms with Gasteiger partial charge in [0, 0.05) is 39.3 Å². The van der Waals surface area contributed by atoms with Crippen molar-refractivity contribution in [3.63, 3.8) is 0 Å². The number of benzene rings is 3. The van der Waals surface area contributed by atoms with Crippen LogP contribution in [0.15, 0.2) is 103 Å². The second-order valence-corrected chi connectivity index (χ2v) is 12.7. The Kier molecular flexibility index (Phi) is 9.32. The van der Waals surface area contributed by atoms with Crippen molar-refractivity contribution in [3.8, 4) is 5.75 Å². The summed E-state index contributed by atoms with van der Waals surface area (Å²) in [6, 6.07) is 23.3. The van der Waals surface area contributed by atoms with Crippen molar-refractivity contribution in [1.29, 1.82) is 0 Å². The summed E-state index contributed by atoms with van der Waals surface area (Å²) in [5.74, 6) is -0.291. The predicted octanol–water partition coefficient (Wildman–Crippen LogP) is 4.28. The Bertz CT molecular complexity index is 1620. The Balaban J connectivity index is 1.33. The predicted molar refractivity (Wildman–Crippen MR) is 178 cm³/mol. The molecule has 4 amide bonds. The molecule has 10 nitrogen and oxygen atoms in total. The summed E-state index contributed by atoms with van der Waals surface area (Å²) in [5, 5.41) is 18.4. The first-order valence-electron chi connectivity index (χ1n) is 15.3.